The minimum atomic E-state index is -0.174. The molecule has 2 heterocycles. The normalized spacial score (nSPS) is 12.6. The summed E-state index contributed by atoms with van der Waals surface area (Å²) in [6.45, 7) is 0. The van der Waals surface area contributed by atoms with Crippen LogP contribution >= 0.6 is 0 Å². The lowest BCUT2D eigenvalue weighted by Crippen LogP contribution is -2.02. The van der Waals surface area contributed by atoms with Gasteiger partial charge in [0.1, 0.15) is 17.2 Å². The van der Waals surface area contributed by atoms with Crippen molar-refractivity contribution >= 4 is 21.9 Å². The molecule has 0 fully saturated rings. The number of aromatic nitrogens is 1. The number of para-hydroxylation sites is 2. The van der Waals surface area contributed by atoms with E-state index in [1.54, 1.807) is 6.26 Å². The molecule has 1 unspecified atom stereocenters. The maximum Gasteiger partial charge on any atom is 0.210 e. The van der Waals surface area contributed by atoms with Crippen molar-refractivity contribution in [2.45, 2.75) is 5.92 Å². The second-order valence-corrected chi connectivity index (χ2v) is 6.07. The fourth-order valence-corrected chi connectivity index (χ4v) is 3.28. The molecule has 0 N–H and O–H groups in total. The number of hydrogen-bond acceptors (Lipinski definition) is 3. The first-order valence-corrected chi connectivity index (χ1v) is 8.26. The molecule has 3 aromatic carbocycles. The molecular formula is C22H15NO2. The van der Waals surface area contributed by atoms with Crippen molar-refractivity contribution in [2.24, 2.45) is 0 Å². The molecule has 0 spiro atoms. The molecule has 3 nitrogen and oxygen atoms in total. The van der Waals surface area contributed by atoms with Gasteiger partial charge in [0.2, 0.25) is 5.89 Å². The molecular weight excluding hydrogens is 310 g/mol. The van der Waals surface area contributed by atoms with Gasteiger partial charge in [-0.15, -0.1) is 0 Å². The number of nitrogens with zero attached hydrogens (tertiary/aromatic N) is 1. The molecule has 3 heteroatoms. The zero-order valence-electron chi connectivity index (χ0n) is 13.4. The lowest BCUT2D eigenvalue weighted by atomic mass is 9.94. The van der Waals surface area contributed by atoms with E-state index < -0.39 is 0 Å². The van der Waals surface area contributed by atoms with Crippen LogP contribution in [0.3, 0.4) is 0 Å². The van der Waals surface area contributed by atoms with Gasteiger partial charge in [-0.3, -0.25) is 0 Å². The van der Waals surface area contributed by atoms with Crippen LogP contribution in [0.2, 0.25) is 0 Å². The Morgan fingerprint density at radius 3 is 2.44 bits per heavy atom. The molecule has 0 saturated heterocycles. The van der Waals surface area contributed by atoms with Crippen LogP contribution in [0.25, 0.3) is 21.9 Å². The Morgan fingerprint density at radius 1 is 0.760 bits per heavy atom. The number of furan rings is 1. The molecule has 2 aromatic heterocycles. The monoisotopic (exact) mass is 325 g/mol. The van der Waals surface area contributed by atoms with E-state index in [0.717, 1.165) is 22.4 Å². The molecule has 0 amide bonds. The molecule has 0 aliphatic carbocycles. The average molecular weight is 325 g/mol. The quantitative estimate of drug-likeness (QED) is 0.424. The Morgan fingerprint density at radius 2 is 1.60 bits per heavy atom. The summed E-state index contributed by atoms with van der Waals surface area (Å²) in [7, 11) is 0. The highest BCUT2D eigenvalue weighted by molar-refractivity contribution is 5.83. The predicted octanol–water partition coefficient (Wildman–Crippen LogP) is 5.75. The van der Waals surface area contributed by atoms with Crippen molar-refractivity contribution in [1.82, 2.24) is 4.98 Å². The summed E-state index contributed by atoms with van der Waals surface area (Å²) < 4.78 is 11.8. The number of rotatable bonds is 3. The first-order valence-electron chi connectivity index (χ1n) is 8.26. The highest BCUT2D eigenvalue weighted by Crippen LogP contribution is 2.34. The minimum absolute atomic E-state index is 0.174. The number of oxazole rings is 1. The van der Waals surface area contributed by atoms with Crippen LogP contribution in [-0.4, -0.2) is 4.98 Å². The second-order valence-electron chi connectivity index (χ2n) is 6.07. The molecule has 5 rings (SSSR count). The van der Waals surface area contributed by atoms with E-state index in [1.807, 2.05) is 48.5 Å². The van der Waals surface area contributed by atoms with E-state index in [9.17, 15) is 0 Å². The second kappa shape index (κ2) is 5.64. The highest BCUT2D eigenvalue weighted by Gasteiger charge is 2.25. The van der Waals surface area contributed by atoms with Crippen LogP contribution in [0.4, 0.5) is 0 Å². The zero-order chi connectivity index (χ0) is 16.6. The van der Waals surface area contributed by atoms with E-state index in [4.69, 9.17) is 13.8 Å². The Kier molecular flexibility index (Phi) is 3.17. The van der Waals surface area contributed by atoms with Gasteiger partial charge in [-0.25, -0.2) is 4.98 Å². The van der Waals surface area contributed by atoms with Gasteiger partial charge in [0.05, 0.1) is 6.26 Å². The lowest BCUT2D eigenvalue weighted by molar-refractivity contribution is 0.453. The molecule has 25 heavy (non-hydrogen) atoms. The molecule has 0 bridgehead atoms. The van der Waals surface area contributed by atoms with Gasteiger partial charge < -0.3 is 8.83 Å². The predicted molar refractivity (Wildman–Crippen MR) is 97.6 cm³/mol. The van der Waals surface area contributed by atoms with E-state index >= 15 is 0 Å². The van der Waals surface area contributed by atoms with Crippen LogP contribution in [0.1, 0.15) is 23.1 Å². The zero-order valence-corrected chi connectivity index (χ0v) is 13.4. The van der Waals surface area contributed by atoms with E-state index in [2.05, 4.69) is 30.3 Å². The van der Waals surface area contributed by atoms with Crippen molar-refractivity contribution < 1.29 is 8.83 Å². The summed E-state index contributed by atoms with van der Waals surface area (Å²) in [6, 6.07) is 26.4. The van der Waals surface area contributed by atoms with Crippen molar-refractivity contribution in [1.29, 1.82) is 0 Å². The Bertz CT molecular complexity index is 1120. The van der Waals surface area contributed by atoms with E-state index in [1.165, 1.54) is 10.8 Å². The first-order chi connectivity index (χ1) is 12.4. The fraction of sp³-hybridized carbons (Fsp3) is 0.0455. The molecule has 5 aromatic rings. The summed E-state index contributed by atoms with van der Waals surface area (Å²) >= 11 is 0. The average Bonchev–Trinajstić information content (AvgIpc) is 3.31. The van der Waals surface area contributed by atoms with Crippen LogP contribution in [0, 0.1) is 0 Å². The molecule has 0 saturated carbocycles. The number of benzene rings is 3. The van der Waals surface area contributed by atoms with Crippen LogP contribution in [0.15, 0.2) is 94.0 Å². The lowest BCUT2D eigenvalue weighted by Gasteiger charge is -2.12. The number of fused-ring (bicyclic) bond motifs is 2. The molecule has 0 radical (unpaired) electrons. The fourth-order valence-electron chi connectivity index (χ4n) is 3.28. The van der Waals surface area contributed by atoms with Crippen molar-refractivity contribution in [3.8, 4) is 0 Å². The smallest absolute Gasteiger partial charge is 0.210 e. The van der Waals surface area contributed by atoms with Gasteiger partial charge >= 0.3 is 0 Å². The van der Waals surface area contributed by atoms with Crippen LogP contribution in [-0.2, 0) is 0 Å². The summed E-state index contributed by atoms with van der Waals surface area (Å²) in [5, 5.41) is 2.40. The van der Waals surface area contributed by atoms with Crippen LogP contribution < -0.4 is 0 Å². The third kappa shape index (κ3) is 2.41. The third-order valence-electron chi connectivity index (χ3n) is 4.49. The Labute approximate surface area is 144 Å². The SMILES string of the molecule is c1coc(C(c2ccc3ccccc3c2)c2nc3ccccc3o2)c1. The highest BCUT2D eigenvalue weighted by atomic mass is 16.4. The van der Waals surface area contributed by atoms with Crippen molar-refractivity contribution in [3.05, 3.63) is 102 Å². The Balaban J connectivity index is 1.72. The summed E-state index contributed by atoms with van der Waals surface area (Å²) in [5.41, 5.74) is 2.74. The summed E-state index contributed by atoms with van der Waals surface area (Å²) in [5.74, 6) is 1.29. The van der Waals surface area contributed by atoms with E-state index in [-0.39, 0.29) is 5.92 Å². The maximum atomic E-state index is 6.05. The largest absolute Gasteiger partial charge is 0.468 e. The molecule has 0 aliphatic heterocycles. The third-order valence-corrected chi connectivity index (χ3v) is 4.49. The van der Waals surface area contributed by atoms with E-state index in [0.29, 0.717) is 5.89 Å². The van der Waals surface area contributed by atoms with Crippen molar-refractivity contribution in [2.75, 3.05) is 0 Å². The molecule has 120 valence electrons. The molecule has 1 atom stereocenters. The topological polar surface area (TPSA) is 39.2 Å². The maximum absolute atomic E-state index is 6.05. The van der Waals surface area contributed by atoms with Crippen molar-refractivity contribution in [3.63, 3.8) is 0 Å². The van der Waals surface area contributed by atoms with Gasteiger partial charge in [-0.1, -0.05) is 48.5 Å². The first kappa shape index (κ1) is 14.1. The minimum Gasteiger partial charge on any atom is -0.468 e. The van der Waals surface area contributed by atoms with Gasteiger partial charge in [0.15, 0.2) is 5.58 Å². The summed E-state index contributed by atoms with van der Waals surface area (Å²) in [6.07, 6.45) is 1.69. The standard InChI is InChI=1S/C22H15NO2/c1-2-7-16-14-17(12-11-15(16)6-1)21(20-10-5-13-24-20)22-23-18-8-3-4-9-19(18)25-22/h1-14,21H. The Hall–Kier alpha value is -3.33. The van der Waals surface area contributed by atoms with Gasteiger partial charge in [0, 0.05) is 0 Å². The summed E-state index contributed by atoms with van der Waals surface area (Å²) in [4.78, 5) is 4.70. The van der Waals surface area contributed by atoms with Gasteiger partial charge in [-0.2, -0.15) is 0 Å². The number of hydrogen-bond donors (Lipinski definition) is 0. The molecule has 0 aliphatic rings. The van der Waals surface area contributed by atoms with Crippen LogP contribution in [0.5, 0.6) is 0 Å². The van der Waals surface area contributed by atoms with Gasteiger partial charge in [0.25, 0.3) is 0 Å². The van der Waals surface area contributed by atoms with Gasteiger partial charge in [-0.05, 0) is 46.7 Å².